The highest BCUT2D eigenvalue weighted by atomic mass is 35.5. The standard InChI is InChI=1S/C21H25ClN2O2/c1-3-26-18-9-8-16-10-11-24(13-17(16)12-18)14-21(25)23-15(2)19-6-4-5-7-20(19)22/h4-9,12,15H,3,10-11,13-14H2,1-2H3,(H,23,25). The predicted molar refractivity (Wildman–Crippen MR) is 105 cm³/mol. The van der Waals surface area contributed by atoms with Gasteiger partial charge in [0.25, 0.3) is 0 Å². The average molecular weight is 373 g/mol. The fourth-order valence-electron chi connectivity index (χ4n) is 3.38. The van der Waals surface area contributed by atoms with Crippen LogP contribution in [0.3, 0.4) is 0 Å². The third-order valence-electron chi connectivity index (χ3n) is 4.70. The molecule has 0 spiro atoms. The molecular weight excluding hydrogens is 348 g/mol. The van der Waals surface area contributed by atoms with Gasteiger partial charge in [-0.15, -0.1) is 0 Å². The summed E-state index contributed by atoms with van der Waals surface area (Å²) in [5.41, 5.74) is 3.52. The maximum Gasteiger partial charge on any atom is 0.234 e. The summed E-state index contributed by atoms with van der Waals surface area (Å²) in [5, 5.41) is 3.73. The van der Waals surface area contributed by atoms with Crippen LogP contribution in [-0.2, 0) is 17.8 Å². The summed E-state index contributed by atoms with van der Waals surface area (Å²) in [6, 6.07) is 13.8. The third kappa shape index (κ3) is 4.57. The van der Waals surface area contributed by atoms with E-state index >= 15 is 0 Å². The first-order valence-corrected chi connectivity index (χ1v) is 9.45. The van der Waals surface area contributed by atoms with Crippen LogP contribution in [0.2, 0.25) is 5.02 Å². The van der Waals surface area contributed by atoms with Crippen molar-refractivity contribution in [3.05, 3.63) is 64.2 Å². The van der Waals surface area contributed by atoms with Gasteiger partial charge in [0.1, 0.15) is 5.75 Å². The first-order valence-electron chi connectivity index (χ1n) is 9.07. The molecular formula is C21H25ClN2O2. The molecule has 3 rings (SSSR count). The lowest BCUT2D eigenvalue weighted by molar-refractivity contribution is -0.123. The quantitative estimate of drug-likeness (QED) is 0.834. The van der Waals surface area contributed by atoms with Gasteiger partial charge in [-0.2, -0.15) is 0 Å². The number of carbonyl (C=O) groups is 1. The summed E-state index contributed by atoms with van der Waals surface area (Å²) in [4.78, 5) is 14.6. The summed E-state index contributed by atoms with van der Waals surface area (Å²) in [6.45, 7) is 6.63. The first-order chi connectivity index (χ1) is 12.6. The minimum atomic E-state index is -0.113. The molecule has 1 aliphatic rings. The van der Waals surface area contributed by atoms with E-state index in [2.05, 4.69) is 22.3 Å². The second kappa shape index (κ2) is 8.56. The van der Waals surface area contributed by atoms with Gasteiger partial charge in [0, 0.05) is 18.1 Å². The van der Waals surface area contributed by atoms with Gasteiger partial charge in [-0.25, -0.2) is 0 Å². The summed E-state index contributed by atoms with van der Waals surface area (Å²) in [5.74, 6) is 0.909. The first kappa shape index (κ1) is 18.7. The molecule has 5 heteroatoms. The van der Waals surface area contributed by atoms with Crippen LogP contribution in [0.15, 0.2) is 42.5 Å². The lowest BCUT2D eigenvalue weighted by Gasteiger charge is -2.29. The van der Waals surface area contributed by atoms with Crippen LogP contribution in [0.4, 0.5) is 0 Å². The fraction of sp³-hybridized carbons (Fsp3) is 0.381. The molecule has 0 saturated heterocycles. The SMILES string of the molecule is CCOc1ccc2c(c1)CN(CC(=O)NC(C)c1ccccc1Cl)CC2. The zero-order valence-corrected chi connectivity index (χ0v) is 16.1. The summed E-state index contributed by atoms with van der Waals surface area (Å²) < 4.78 is 5.59. The summed E-state index contributed by atoms with van der Waals surface area (Å²) in [7, 11) is 0. The molecule has 0 radical (unpaired) electrons. The number of fused-ring (bicyclic) bond motifs is 1. The number of hydrogen-bond donors (Lipinski definition) is 1. The van der Waals surface area contributed by atoms with E-state index < -0.39 is 0 Å². The number of amides is 1. The Labute approximate surface area is 160 Å². The Morgan fingerprint density at radius 3 is 2.85 bits per heavy atom. The highest BCUT2D eigenvalue weighted by Gasteiger charge is 2.20. The van der Waals surface area contributed by atoms with E-state index in [9.17, 15) is 4.79 Å². The Morgan fingerprint density at radius 2 is 2.08 bits per heavy atom. The van der Waals surface area contributed by atoms with Crippen molar-refractivity contribution in [2.75, 3.05) is 19.7 Å². The predicted octanol–water partition coefficient (Wildman–Crippen LogP) is 3.97. The fourth-order valence-corrected chi connectivity index (χ4v) is 3.68. The van der Waals surface area contributed by atoms with E-state index in [1.54, 1.807) is 0 Å². The minimum Gasteiger partial charge on any atom is -0.494 e. The van der Waals surface area contributed by atoms with E-state index in [4.69, 9.17) is 16.3 Å². The van der Waals surface area contributed by atoms with Gasteiger partial charge >= 0.3 is 0 Å². The molecule has 1 N–H and O–H groups in total. The Hall–Kier alpha value is -2.04. The molecule has 1 unspecified atom stereocenters. The highest BCUT2D eigenvalue weighted by molar-refractivity contribution is 6.31. The average Bonchev–Trinajstić information content (AvgIpc) is 2.62. The number of nitrogens with zero attached hydrogens (tertiary/aromatic N) is 1. The molecule has 1 atom stereocenters. The molecule has 1 amide bonds. The van der Waals surface area contributed by atoms with Gasteiger partial charge in [-0.05, 0) is 55.2 Å². The molecule has 138 valence electrons. The Kier molecular flexibility index (Phi) is 6.17. The van der Waals surface area contributed by atoms with Crippen LogP contribution in [0.5, 0.6) is 5.75 Å². The van der Waals surface area contributed by atoms with Crippen LogP contribution in [0, 0.1) is 0 Å². The normalized spacial score (nSPS) is 15.2. The van der Waals surface area contributed by atoms with E-state index in [1.165, 1.54) is 11.1 Å². The smallest absolute Gasteiger partial charge is 0.234 e. The van der Waals surface area contributed by atoms with Crippen LogP contribution in [0.1, 0.15) is 36.6 Å². The Morgan fingerprint density at radius 1 is 1.27 bits per heavy atom. The van der Waals surface area contributed by atoms with Gasteiger partial charge in [-0.3, -0.25) is 9.69 Å². The number of ether oxygens (including phenoxy) is 1. The highest BCUT2D eigenvalue weighted by Crippen LogP contribution is 2.24. The molecule has 4 nitrogen and oxygen atoms in total. The number of halogens is 1. The van der Waals surface area contributed by atoms with E-state index in [1.807, 2.05) is 44.2 Å². The van der Waals surface area contributed by atoms with E-state index in [-0.39, 0.29) is 11.9 Å². The van der Waals surface area contributed by atoms with Gasteiger partial charge in [0.05, 0.1) is 19.2 Å². The van der Waals surface area contributed by atoms with Crippen LogP contribution in [0.25, 0.3) is 0 Å². The zero-order valence-electron chi connectivity index (χ0n) is 15.3. The van der Waals surface area contributed by atoms with Crippen molar-refractivity contribution in [2.24, 2.45) is 0 Å². The van der Waals surface area contributed by atoms with Gasteiger partial charge in [0.2, 0.25) is 5.91 Å². The summed E-state index contributed by atoms with van der Waals surface area (Å²) in [6.07, 6.45) is 0.953. The zero-order chi connectivity index (χ0) is 18.5. The van der Waals surface area contributed by atoms with E-state index in [0.29, 0.717) is 18.2 Å². The second-order valence-corrected chi connectivity index (χ2v) is 7.04. The van der Waals surface area contributed by atoms with Crippen molar-refractivity contribution in [1.82, 2.24) is 10.2 Å². The van der Waals surface area contributed by atoms with Crippen LogP contribution < -0.4 is 10.1 Å². The molecule has 0 fully saturated rings. The number of benzene rings is 2. The summed E-state index contributed by atoms with van der Waals surface area (Å²) >= 11 is 6.22. The molecule has 26 heavy (non-hydrogen) atoms. The van der Waals surface area contributed by atoms with Crippen molar-refractivity contribution >= 4 is 17.5 Å². The molecule has 1 aliphatic heterocycles. The third-order valence-corrected chi connectivity index (χ3v) is 5.04. The Balaban J connectivity index is 1.58. The van der Waals surface area contributed by atoms with Crippen molar-refractivity contribution in [1.29, 1.82) is 0 Å². The Bertz CT molecular complexity index is 778. The van der Waals surface area contributed by atoms with Gasteiger partial charge in [-0.1, -0.05) is 35.9 Å². The van der Waals surface area contributed by atoms with E-state index in [0.717, 1.165) is 30.8 Å². The molecule has 0 aliphatic carbocycles. The maximum atomic E-state index is 12.5. The molecule has 2 aromatic rings. The van der Waals surface area contributed by atoms with Gasteiger partial charge in [0.15, 0.2) is 0 Å². The number of rotatable bonds is 6. The van der Waals surface area contributed by atoms with Crippen molar-refractivity contribution in [3.63, 3.8) is 0 Å². The lowest BCUT2D eigenvalue weighted by atomic mass is 9.99. The molecule has 0 bridgehead atoms. The monoisotopic (exact) mass is 372 g/mol. The number of carbonyl (C=O) groups excluding carboxylic acids is 1. The van der Waals surface area contributed by atoms with Gasteiger partial charge < -0.3 is 10.1 Å². The minimum absolute atomic E-state index is 0.0156. The number of hydrogen-bond acceptors (Lipinski definition) is 3. The lowest BCUT2D eigenvalue weighted by Crippen LogP contribution is -2.40. The molecule has 1 heterocycles. The number of nitrogens with one attached hydrogen (secondary N) is 1. The van der Waals surface area contributed by atoms with Crippen molar-refractivity contribution < 1.29 is 9.53 Å². The van der Waals surface area contributed by atoms with Crippen molar-refractivity contribution in [2.45, 2.75) is 32.9 Å². The van der Waals surface area contributed by atoms with Crippen molar-refractivity contribution in [3.8, 4) is 5.75 Å². The maximum absolute atomic E-state index is 12.5. The largest absolute Gasteiger partial charge is 0.494 e. The molecule has 2 aromatic carbocycles. The topological polar surface area (TPSA) is 41.6 Å². The van der Waals surface area contributed by atoms with Crippen LogP contribution >= 0.6 is 11.6 Å². The van der Waals surface area contributed by atoms with Crippen LogP contribution in [-0.4, -0.2) is 30.5 Å². The second-order valence-electron chi connectivity index (χ2n) is 6.63. The molecule has 0 saturated carbocycles. The molecule has 0 aromatic heterocycles.